The zero-order valence-corrected chi connectivity index (χ0v) is 16.0. The number of likely N-dealkylation sites (tertiary alicyclic amines) is 1. The van der Waals surface area contributed by atoms with Gasteiger partial charge in [-0.15, -0.1) is 0 Å². The summed E-state index contributed by atoms with van der Waals surface area (Å²) in [6.07, 6.45) is 2.40. The topological polar surface area (TPSA) is 69.2 Å². The van der Waals surface area contributed by atoms with E-state index in [9.17, 15) is 9.90 Å². The van der Waals surface area contributed by atoms with Crippen molar-refractivity contribution in [1.82, 2.24) is 15.1 Å². The first kappa shape index (κ1) is 17.3. The molecule has 6 heteroatoms. The highest BCUT2D eigenvalue weighted by molar-refractivity contribution is 6.30. The maximum atomic E-state index is 12.2. The number of fused-ring (bicyclic) bond motifs is 3. The fourth-order valence-electron chi connectivity index (χ4n) is 4.88. The molecule has 1 saturated heterocycles. The van der Waals surface area contributed by atoms with Gasteiger partial charge in [0.05, 0.1) is 0 Å². The summed E-state index contributed by atoms with van der Waals surface area (Å²) in [5.41, 5.74) is 5.47. The molecule has 0 saturated carbocycles. The summed E-state index contributed by atoms with van der Waals surface area (Å²) in [5, 5.41) is 18.6. The number of carboxylic acid groups (broad SMARTS) is 1. The molecule has 28 heavy (non-hydrogen) atoms. The number of nitrogens with one attached hydrogen (secondary N) is 1. The summed E-state index contributed by atoms with van der Waals surface area (Å²) in [6.45, 7) is 0.487. The average molecular weight is 394 g/mol. The number of halogens is 1. The molecule has 2 heterocycles. The van der Waals surface area contributed by atoms with Gasteiger partial charge in [0.25, 0.3) is 0 Å². The van der Waals surface area contributed by atoms with Gasteiger partial charge in [0, 0.05) is 22.8 Å². The summed E-state index contributed by atoms with van der Waals surface area (Å²) < 4.78 is 0. The van der Waals surface area contributed by atoms with Gasteiger partial charge in [-0.1, -0.05) is 48.0 Å². The van der Waals surface area contributed by atoms with Crippen molar-refractivity contribution in [2.45, 2.75) is 31.2 Å². The Morgan fingerprint density at radius 1 is 1.14 bits per heavy atom. The second kappa shape index (κ2) is 6.38. The molecule has 0 spiro atoms. The predicted octanol–water partition coefficient (Wildman–Crippen LogP) is 4.85. The van der Waals surface area contributed by atoms with Crippen LogP contribution in [0.3, 0.4) is 0 Å². The van der Waals surface area contributed by atoms with E-state index in [0.717, 1.165) is 47.3 Å². The van der Waals surface area contributed by atoms with Crippen LogP contribution in [0.1, 0.15) is 35.4 Å². The van der Waals surface area contributed by atoms with Crippen LogP contribution in [0.4, 0.5) is 4.79 Å². The van der Waals surface area contributed by atoms with Gasteiger partial charge in [0.1, 0.15) is 11.2 Å². The lowest BCUT2D eigenvalue weighted by molar-refractivity contribution is 0.116. The van der Waals surface area contributed by atoms with E-state index in [4.69, 9.17) is 16.7 Å². The average Bonchev–Trinajstić information content (AvgIpc) is 3.33. The number of hydrogen-bond donors (Lipinski definition) is 2. The van der Waals surface area contributed by atoms with Crippen molar-refractivity contribution in [3.8, 4) is 11.1 Å². The van der Waals surface area contributed by atoms with Crippen molar-refractivity contribution < 1.29 is 9.90 Å². The molecule has 0 bridgehead atoms. The predicted molar refractivity (Wildman–Crippen MR) is 108 cm³/mol. The highest BCUT2D eigenvalue weighted by Crippen LogP contribution is 2.49. The minimum atomic E-state index is -0.923. The molecule has 1 fully saturated rings. The van der Waals surface area contributed by atoms with Crippen LogP contribution in [0.25, 0.3) is 11.1 Å². The summed E-state index contributed by atoms with van der Waals surface area (Å²) >= 11 is 6.12. The number of aryl methyl sites for hydroxylation is 2. The molecule has 1 aliphatic heterocycles. The van der Waals surface area contributed by atoms with Crippen molar-refractivity contribution in [1.29, 1.82) is 0 Å². The maximum Gasteiger partial charge on any atom is 0.408 e. The van der Waals surface area contributed by atoms with Gasteiger partial charge < -0.3 is 5.11 Å². The number of aromatic amines is 1. The van der Waals surface area contributed by atoms with Crippen molar-refractivity contribution in [3.63, 3.8) is 0 Å². The van der Waals surface area contributed by atoms with E-state index in [1.54, 1.807) is 4.90 Å². The first-order valence-electron chi connectivity index (χ1n) is 9.54. The molecule has 1 aromatic heterocycles. The summed E-state index contributed by atoms with van der Waals surface area (Å²) in [5.74, 6) is 0. The van der Waals surface area contributed by atoms with Crippen LogP contribution in [0, 0.1) is 0 Å². The van der Waals surface area contributed by atoms with Crippen molar-refractivity contribution in [2.75, 3.05) is 6.54 Å². The Hall–Kier alpha value is -2.79. The molecule has 5 rings (SSSR count). The molecule has 2 N–H and O–H groups in total. The molecule has 2 aliphatic rings. The third-order valence-electron chi connectivity index (χ3n) is 6.10. The lowest BCUT2D eigenvalue weighted by atomic mass is 9.78. The molecule has 5 nitrogen and oxygen atoms in total. The van der Waals surface area contributed by atoms with Crippen LogP contribution in [-0.4, -0.2) is 32.8 Å². The van der Waals surface area contributed by atoms with E-state index >= 15 is 0 Å². The molecule has 0 radical (unpaired) electrons. The summed E-state index contributed by atoms with van der Waals surface area (Å²) in [6, 6.07) is 15.9. The highest BCUT2D eigenvalue weighted by atomic mass is 35.5. The van der Waals surface area contributed by atoms with Crippen LogP contribution < -0.4 is 0 Å². The van der Waals surface area contributed by atoms with E-state index in [1.165, 1.54) is 5.56 Å². The SMILES string of the molecule is O=C(O)N1CCCC1(c1ccc(Cl)cc1)c1n[nH]c2c1-c1ccccc1CC2. The summed E-state index contributed by atoms with van der Waals surface area (Å²) in [7, 11) is 0. The van der Waals surface area contributed by atoms with Gasteiger partial charge in [-0.3, -0.25) is 10.00 Å². The zero-order valence-electron chi connectivity index (χ0n) is 15.3. The number of rotatable bonds is 2. The molecular weight excluding hydrogens is 374 g/mol. The Labute approximate surface area is 168 Å². The van der Waals surface area contributed by atoms with Gasteiger partial charge in [-0.25, -0.2) is 4.79 Å². The Kier molecular flexibility index (Phi) is 3.95. The second-order valence-corrected chi connectivity index (χ2v) is 7.92. The van der Waals surface area contributed by atoms with Gasteiger partial charge in [0.15, 0.2) is 0 Å². The van der Waals surface area contributed by atoms with Crippen LogP contribution >= 0.6 is 11.6 Å². The molecule has 3 aromatic rings. The monoisotopic (exact) mass is 393 g/mol. The smallest absolute Gasteiger partial charge is 0.408 e. The Balaban J connectivity index is 1.79. The Bertz CT molecular complexity index is 1060. The van der Waals surface area contributed by atoms with Crippen molar-refractivity contribution in [3.05, 3.63) is 76.1 Å². The Morgan fingerprint density at radius 3 is 2.71 bits per heavy atom. The largest absolute Gasteiger partial charge is 0.465 e. The molecule has 1 atom stereocenters. The van der Waals surface area contributed by atoms with Crippen molar-refractivity contribution in [2.24, 2.45) is 0 Å². The fourth-order valence-corrected chi connectivity index (χ4v) is 5.00. The number of H-pyrrole nitrogens is 1. The number of amides is 1. The van der Waals surface area contributed by atoms with E-state index in [2.05, 4.69) is 23.3 Å². The first-order chi connectivity index (χ1) is 13.6. The molecule has 2 aromatic carbocycles. The van der Waals surface area contributed by atoms with E-state index < -0.39 is 11.6 Å². The maximum absolute atomic E-state index is 12.2. The van der Waals surface area contributed by atoms with Crippen molar-refractivity contribution >= 4 is 17.7 Å². The Morgan fingerprint density at radius 2 is 1.93 bits per heavy atom. The summed E-state index contributed by atoms with van der Waals surface area (Å²) in [4.78, 5) is 13.8. The van der Waals surface area contributed by atoms with Crippen LogP contribution in [-0.2, 0) is 18.4 Å². The standard InChI is InChI=1S/C22H20ClN3O2/c23-16-9-7-15(8-10-16)22(12-3-13-26(22)21(27)28)20-19-17-5-2-1-4-14(17)6-11-18(19)24-25-20/h1-2,4-5,7-10H,3,6,11-13H2,(H,24,25)(H,27,28). The minimum Gasteiger partial charge on any atom is -0.465 e. The zero-order chi connectivity index (χ0) is 19.3. The minimum absolute atomic E-state index is 0.487. The van der Waals surface area contributed by atoms with Gasteiger partial charge >= 0.3 is 6.09 Å². The van der Waals surface area contributed by atoms with Gasteiger partial charge in [0.2, 0.25) is 0 Å². The fraction of sp³-hybridized carbons (Fsp3) is 0.273. The lowest BCUT2D eigenvalue weighted by Gasteiger charge is -2.37. The third-order valence-corrected chi connectivity index (χ3v) is 6.35. The number of hydrogen-bond acceptors (Lipinski definition) is 2. The third kappa shape index (κ3) is 2.39. The molecule has 1 unspecified atom stereocenters. The molecular formula is C22H20ClN3O2. The van der Waals surface area contributed by atoms with Crippen LogP contribution in [0.5, 0.6) is 0 Å². The number of carbonyl (C=O) groups is 1. The normalized spacial score (nSPS) is 20.7. The molecule has 142 valence electrons. The van der Waals surface area contributed by atoms with E-state index in [1.807, 2.05) is 30.3 Å². The molecule has 1 amide bonds. The first-order valence-corrected chi connectivity index (χ1v) is 9.91. The van der Waals surface area contributed by atoms with Crippen LogP contribution in [0.2, 0.25) is 5.02 Å². The highest BCUT2D eigenvalue weighted by Gasteiger charge is 2.50. The van der Waals surface area contributed by atoms with E-state index in [0.29, 0.717) is 18.0 Å². The van der Waals surface area contributed by atoms with Gasteiger partial charge in [-0.2, -0.15) is 5.10 Å². The number of nitrogens with zero attached hydrogens (tertiary/aromatic N) is 2. The van der Waals surface area contributed by atoms with Gasteiger partial charge in [-0.05, 0) is 54.5 Å². The second-order valence-electron chi connectivity index (χ2n) is 7.49. The quantitative estimate of drug-likeness (QED) is 0.654. The van der Waals surface area contributed by atoms with E-state index in [-0.39, 0.29) is 0 Å². The lowest BCUT2D eigenvalue weighted by Crippen LogP contribution is -2.46. The molecule has 1 aliphatic carbocycles. The van der Waals surface area contributed by atoms with Crippen LogP contribution in [0.15, 0.2) is 48.5 Å². The number of aromatic nitrogens is 2. The number of benzene rings is 2.